The fourth-order valence-electron chi connectivity index (χ4n) is 4.08. The van der Waals surface area contributed by atoms with Gasteiger partial charge in [0.25, 0.3) is 5.91 Å². The molecule has 202 valence electrons. The predicted octanol–water partition coefficient (Wildman–Crippen LogP) is 2.01. The van der Waals surface area contributed by atoms with Gasteiger partial charge in [0.1, 0.15) is 49.3 Å². The lowest BCUT2D eigenvalue weighted by Crippen LogP contribution is -2.35. The summed E-state index contributed by atoms with van der Waals surface area (Å²) in [6.07, 6.45) is -1.24. The Morgan fingerprint density at radius 2 is 1.92 bits per heavy atom. The van der Waals surface area contributed by atoms with E-state index in [0.29, 0.717) is 36.9 Å². The van der Waals surface area contributed by atoms with Crippen LogP contribution in [0, 0.1) is 0 Å². The van der Waals surface area contributed by atoms with Crippen molar-refractivity contribution < 1.29 is 39.2 Å². The second-order valence-electron chi connectivity index (χ2n) is 8.85. The molecule has 2 aromatic rings. The van der Waals surface area contributed by atoms with Crippen molar-refractivity contribution in [3.8, 4) is 17.2 Å². The first-order valence-corrected chi connectivity index (χ1v) is 12.7. The highest BCUT2D eigenvalue weighted by Gasteiger charge is 2.30. The number of ether oxygens (including phenoxy) is 3. The average molecular weight is 557 g/mol. The van der Waals surface area contributed by atoms with Gasteiger partial charge in [-0.2, -0.15) is 5.06 Å². The molecule has 0 spiro atoms. The van der Waals surface area contributed by atoms with Crippen LogP contribution < -0.4 is 14.2 Å². The summed E-state index contributed by atoms with van der Waals surface area (Å²) in [4.78, 5) is 20.2. The minimum Gasteiger partial charge on any atom is -0.490 e. The second-order valence-corrected chi connectivity index (χ2v) is 9.69. The van der Waals surface area contributed by atoms with Crippen molar-refractivity contribution in [2.24, 2.45) is 0 Å². The van der Waals surface area contributed by atoms with Crippen molar-refractivity contribution in [3.05, 3.63) is 52.0 Å². The maximum absolute atomic E-state index is 13.1. The number of aliphatic hydroxyl groups is 3. The molecule has 1 amide bonds. The quantitative estimate of drug-likeness (QED) is 0.381. The second kappa shape index (κ2) is 13.0. The molecular formula is C25H30Cl2N2O8. The number of hydrogen-bond donors (Lipinski definition) is 3. The molecule has 2 heterocycles. The van der Waals surface area contributed by atoms with Gasteiger partial charge in [0, 0.05) is 24.2 Å². The highest BCUT2D eigenvalue weighted by molar-refractivity contribution is 6.32. The summed E-state index contributed by atoms with van der Waals surface area (Å²) in [6, 6.07) is 9.94. The van der Waals surface area contributed by atoms with Gasteiger partial charge in [0.2, 0.25) is 0 Å². The van der Waals surface area contributed by atoms with E-state index >= 15 is 0 Å². The van der Waals surface area contributed by atoms with Gasteiger partial charge in [-0.25, -0.2) is 0 Å². The third-order valence-electron chi connectivity index (χ3n) is 5.88. The molecule has 0 aromatic heterocycles. The number of β-amino-alcohol motifs (C(OH)–C–C–N with tert-alkyl or cyclic N) is 2. The van der Waals surface area contributed by atoms with Gasteiger partial charge in [0.05, 0.1) is 36.4 Å². The monoisotopic (exact) mass is 556 g/mol. The van der Waals surface area contributed by atoms with Crippen molar-refractivity contribution in [1.29, 1.82) is 0 Å². The summed E-state index contributed by atoms with van der Waals surface area (Å²) in [6.45, 7) is 1.23. The summed E-state index contributed by atoms with van der Waals surface area (Å²) in [5.41, 5.74) is 0.191. The van der Waals surface area contributed by atoms with E-state index < -0.39 is 12.2 Å². The van der Waals surface area contributed by atoms with E-state index in [1.165, 1.54) is 17.0 Å². The molecule has 3 atom stereocenters. The minimum absolute atomic E-state index is 0.0128. The first-order chi connectivity index (χ1) is 17.8. The Hall–Kier alpha value is -2.31. The number of halogens is 2. The van der Waals surface area contributed by atoms with Crippen LogP contribution in [-0.2, 0) is 4.84 Å². The lowest BCUT2D eigenvalue weighted by Gasteiger charge is -2.22. The van der Waals surface area contributed by atoms with Crippen LogP contribution in [0.4, 0.5) is 0 Å². The Balaban J connectivity index is 1.36. The summed E-state index contributed by atoms with van der Waals surface area (Å²) in [7, 11) is 0. The van der Waals surface area contributed by atoms with Gasteiger partial charge in [-0.15, -0.1) is 0 Å². The van der Waals surface area contributed by atoms with E-state index in [1.54, 1.807) is 29.3 Å². The highest BCUT2D eigenvalue weighted by Crippen LogP contribution is 2.34. The van der Waals surface area contributed by atoms with E-state index in [4.69, 9.17) is 47.4 Å². The molecule has 4 rings (SSSR count). The Kier molecular flexibility index (Phi) is 9.71. The number of aliphatic hydroxyl groups excluding tert-OH is 3. The number of amides is 1. The number of hydrogen-bond acceptors (Lipinski definition) is 9. The van der Waals surface area contributed by atoms with Gasteiger partial charge < -0.3 is 34.4 Å². The smallest absolute Gasteiger partial charge is 0.257 e. The molecule has 37 heavy (non-hydrogen) atoms. The largest absolute Gasteiger partial charge is 0.490 e. The van der Waals surface area contributed by atoms with Crippen LogP contribution in [-0.4, -0.2) is 102 Å². The molecule has 3 N–H and O–H groups in total. The van der Waals surface area contributed by atoms with Crippen molar-refractivity contribution in [2.45, 2.75) is 24.7 Å². The standard InChI is InChI=1S/C25H30Cl2N2O8/c26-16-1-3-19(4-2-16)37-20-13-29(36-15-20)12-18(32)14-35-23-10-24(34-8-7-30)22(27)9-21(23)25(33)28-6-5-17(31)11-28/h1-4,9-10,17-18,20,30-32H,5-8,11-15H2/t17?,18-,20-/m1/s1. The Morgan fingerprint density at radius 3 is 2.62 bits per heavy atom. The Labute approximate surface area is 224 Å². The number of likely N-dealkylation sites (tertiary alicyclic amines) is 1. The minimum atomic E-state index is -0.941. The molecule has 12 heteroatoms. The zero-order valence-corrected chi connectivity index (χ0v) is 21.6. The number of carbonyl (C=O) groups excluding carboxylic acids is 1. The summed E-state index contributed by atoms with van der Waals surface area (Å²) in [5, 5.41) is 31.9. The first kappa shape index (κ1) is 27.7. The fraction of sp³-hybridized carbons (Fsp3) is 0.480. The van der Waals surface area contributed by atoms with Crippen LogP contribution >= 0.6 is 23.2 Å². The van der Waals surface area contributed by atoms with E-state index in [2.05, 4.69) is 0 Å². The van der Waals surface area contributed by atoms with Crippen LogP contribution in [0.3, 0.4) is 0 Å². The maximum Gasteiger partial charge on any atom is 0.257 e. The third kappa shape index (κ3) is 7.61. The van der Waals surface area contributed by atoms with Gasteiger partial charge >= 0.3 is 0 Å². The lowest BCUT2D eigenvalue weighted by molar-refractivity contribution is -0.131. The third-order valence-corrected chi connectivity index (χ3v) is 6.42. The number of nitrogens with zero attached hydrogens (tertiary/aromatic N) is 2. The number of rotatable bonds is 11. The molecule has 0 bridgehead atoms. The molecular weight excluding hydrogens is 527 g/mol. The molecule has 0 aliphatic carbocycles. The molecule has 2 aliphatic rings. The molecule has 0 radical (unpaired) electrons. The summed E-state index contributed by atoms with van der Waals surface area (Å²) in [5.74, 6) is 0.743. The first-order valence-electron chi connectivity index (χ1n) is 12.0. The fourth-order valence-corrected chi connectivity index (χ4v) is 4.43. The summed E-state index contributed by atoms with van der Waals surface area (Å²) < 4.78 is 17.2. The predicted molar refractivity (Wildman–Crippen MR) is 135 cm³/mol. The van der Waals surface area contributed by atoms with Crippen LogP contribution in [0.2, 0.25) is 10.0 Å². The highest BCUT2D eigenvalue weighted by atomic mass is 35.5. The molecule has 2 saturated heterocycles. The molecule has 2 fully saturated rings. The van der Waals surface area contributed by atoms with Crippen molar-refractivity contribution >= 4 is 29.1 Å². The van der Waals surface area contributed by atoms with Crippen LogP contribution in [0.5, 0.6) is 17.2 Å². The van der Waals surface area contributed by atoms with E-state index in [-0.39, 0.29) is 67.0 Å². The van der Waals surface area contributed by atoms with Crippen LogP contribution in [0.1, 0.15) is 16.8 Å². The Bertz CT molecular complexity index is 1060. The zero-order valence-electron chi connectivity index (χ0n) is 20.1. The van der Waals surface area contributed by atoms with Gasteiger partial charge in [-0.05, 0) is 36.8 Å². The van der Waals surface area contributed by atoms with Crippen molar-refractivity contribution in [3.63, 3.8) is 0 Å². The number of benzene rings is 2. The lowest BCUT2D eigenvalue weighted by atomic mass is 10.1. The maximum atomic E-state index is 13.1. The molecule has 2 aromatic carbocycles. The summed E-state index contributed by atoms with van der Waals surface area (Å²) >= 11 is 12.2. The molecule has 1 unspecified atom stereocenters. The van der Waals surface area contributed by atoms with Crippen molar-refractivity contribution in [1.82, 2.24) is 9.96 Å². The Morgan fingerprint density at radius 1 is 1.14 bits per heavy atom. The molecule has 2 aliphatic heterocycles. The van der Waals surface area contributed by atoms with Gasteiger partial charge in [-0.3, -0.25) is 9.63 Å². The molecule has 10 nitrogen and oxygen atoms in total. The van der Waals surface area contributed by atoms with Crippen LogP contribution in [0.15, 0.2) is 36.4 Å². The average Bonchev–Trinajstić information content (AvgIpc) is 3.51. The van der Waals surface area contributed by atoms with E-state index in [0.717, 1.165) is 0 Å². The van der Waals surface area contributed by atoms with E-state index in [1.807, 2.05) is 0 Å². The SMILES string of the molecule is O=C(c1cc(Cl)c(OCCO)cc1OC[C@H](O)CN1C[C@@H](Oc2ccc(Cl)cc2)CO1)N1CCC(O)C1. The van der Waals surface area contributed by atoms with Crippen molar-refractivity contribution in [2.75, 3.05) is 52.6 Å². The zero-order chi connectivity index (χ0) is 26.4. The van der Waals surface area contributed by atoms with Gasteiger partial charge in [-0.1, -0.05) is 23.2 Å². The topological polar surface area (TPSA) is 121 Å². The normalized spacial score (nSPS) is 20.7. The van der Waals surface area contributed by atoms with E-state index in [9.17, 15) is 15.0 Å². The number of carbonyl (C=O) groups is 1. The molecule has 0 saturated carbocycles. The van der Waals surface area contributed by atoms with Crippen LogP contribution in [0.25, 0.3) is 0 Å². The number of hydroxylamine groups is 2. The van der Waals surface area contributed by atoms with Gasteiger partial charge in [0.15, 0.2) is 0 Å².